The molecule has 0 radical (unpaired) electrons. The fourth-order valence-electron chi connectivity index (χ4n) is 3.52. The third-order valence-corrected chi connectivity index (χ3v) is 5.00. The van der Waals surface area contributed by atoms with Gasteiger partial charge in [0.25, 0.3) is 0 Å². The van der Waals surface area contributed by atoms with E-state index in [1.54, 1.807) is 0 Å². The average Bonchev–Trinajstić information content (AvgIpc) is 2.55. The highest BCUT2D eigenvalue weighted by Gasteiger charge is 2.35. The third kappa shape index (κ3) is 4.31. The van der Waals surface area contributed by atoms with E-state index in [-0.39, 0.29) is 5.60 Å². The first-order valence-corrected chi connectivity index (χ1v) is 8.68. The van der Waals surface area contributed by atoms with Crippen molar-refractivity contribution in [3.05, 3.63) is 35.9 Å². The summed E-state index contributed by atoms with van der Waals surface area (Å²) in [6.07, 6.45) is 6.92. The van der Waals surface area contributed by atoms with Crippen LogP contribution in [0.2, 0.25) is 0 Å². The topological polar surface area (TPSA) is 21.3 Å². The Balaban J connectivity index is 2.03. The normalized spacial score (nSPS) is 22.9. The predicted octanol–water partition coefficient (Wildman–Crippen LogP) is 4.86. The molecule has 1 N–H and O–H groups in total. The predicted molar refractivity (Wildman–Crippen MR) is 89.5 cm³/mol. The Bertz CT molecular complexity index is 399. The maximum absolute atomic E-state index is 6.10. The third-order valence-electron chi connectivity index (χ3n) is 5.00. The summed E-state index contributed by atoms with van der Waals surface area (Å²) in [6, 6.07) is 11.9. The fourth-order valence-corrected chi connectivity index (χ4v) is 3.52. The quantitative estimate of drug-likeness (QED) is 0.774. The summed E-state index contributed by atoms with van der Waals surface area (Å²) in [5, 5.41) is 3.92. The number of hydrogen-bond acceptors (Lipinski definition) is 2. The molecule has 0 bridgehead atoms. The van der Waals surface area contributed by atoms with E-state index >= 15 is 0 Å². The molecule has 0 aliphatic carbocycles. The Morgan fingerprint density at radius 3 is 2.52 bits per heavy atom. The largest absolute Gasteiger partial charge is 0.375 e. The molecule has 118 valence electrons. The zero-order chi connectivity index (χ0) is 15.1. The zero-order valence-electron chi connectivity index (χ0n) is 13.9. The van der Waals surface area contributed by atoms with Gasteiger partial charge in [0.1, 0.15) is 0 Å². The van der Waals surface area contributed by atoms with Gasteiger partial charge in [-0.2, -0.15) is 0 Å². The zero-order valence-corrected chi connectivity index (χ0v) is 13.9. The van der Waals surface area contributed by atoms with Gasteiger partial charge in [-0.15, -0.1) is 0 Å². The summed E-state index contributed by atoms with van der Waals surface area (Å²) >= 11 is 0. The van der Waals surface area contributed by atoms with Gasteiger partial charge in [0, 0.05) is 18.7 Å². The number of rotatable bonds is 7. The summed E-state index contributed by atoms with van der Waals surface area (Å²) in [5.41, 5.74) is 1.52. The van der Waals surface area contributed by atoms with Gasteiger partial charge in [0.05, 0.1) is 5.60 Å². The maximum atomic E-state index is 6.10. The SMILES string of the molecule is CCCC(NC1CCOC(CC)(CC)C1)c1ccccc1. The van der Waals surface area contributed by atoms with E-state index in [0.29, 0.717) is 12.1 Å². The van der Waals surface area contributed by atoms with E-state index in [1.807, 2.05) is 0 Å². The highest BCUT2D eigenvalue weighted by atomic mass is 16.5. The van der Waals surface area contributed by atoms with Crippen molar-refractivity contribution in [2.75, 3.05) is 6.61 Å². The van der Waals surface area contributed by atoms with Crippen LogP contribution >= 0.6 is 0 Å². The van der Waals surface area contributed by atoms with Gasteiger partial charge < -0.3 is 10.1 Å². The van der Waals surface area contributed by atoms with Crippen LogP contribution in [0, 0.1) is 0 Å². The molecule has 0 spiro atoms. The van der Waals surface area contributed by atoms with Crippen molar-refractivity contribution in [3.63, 3.8) is 0 Å². The minimum absolute atomic E-state index is 0.101. The van der Waals surface area contributed by atoms with Crippen molar-refractivity contribution in [2.45, 2.75) is 77.0 Å². The van der Waals surface area contributed by atoms with Crippen molar-refractivity contribution in [1.29, 1.82) is 0 Å². The molecule has 1 aromatic rings. The smallest absolute Gasteiger partial charge is 0.0692 e. The second-order valence-corrected chi connectivity index (χ2v) is 6.35. The molecule has 1 aromatic carbocycles. The van der Waals surface area contributed by atoms with Crippen LogP contribution in [-0.2, 0) is 4.74 Å². The second kappa shape index (κ2) is 7.95. The molecule has 1 saturated heterocycles. The fraction of sp³-hybridized carbons (Fsp3) is 0.684. The summed E-state index contributed by atoms with van der Waals surface area (Å²) in [4.78, 5) is 0. The number of nitrogens with one attached hydrogen (secondary N) is 1. The lowest BCUT2D eigenvalue weighted by Crippen LogP contribution is -2.47. The molecule has 1 fully saturated rings. The van der Waals surface area contributed by atoms with Gasteiger partial charge in [-0.1, -0.05) is 57.5 Å². The van der Waals surface area contributed by atoms with Crippen molar-refractivity contribution in [2.24, 2.45) is 0 Å². The first-order chi connectivity index (χ1) is 10.2. The van der Waals surface area contributed by atoms with Crippen molar-refractivity contribution >= 4 is 0 Å². The number of benzene rings is 1. The van der Waals surface area contributed by atoms with E-state index in [4.69, 9.17) is 4.74 Å². The van der Waals surface area contributed by atoms with Gasteiger partial charge in [0.15, 0.2) is 0 Å². The summed E-state index contributed by atoms with van der Waals surface area (Å²) in [6.45, 7) is 7.68. The molecular weight excluding hydrogens is 258 g/mol. The van der Waals surface area contributed by atoms with Crippen LogP contribution in [0.4, 0.5) is 0 Å². The van der Waals surface area contributed by atoms with Crippen LogP contribution in [0.25, 0.3) is 0 Å². The van der Waals surface area contributed by atoms with Crippen LogP contribution in [0.1, 0.15) is 70.9 Å². The lowest BCUT2D eigenvalue weighted by atomic mass is 9.85. The van der Waals surface area contributed by atoms with Crippen molar-refractivity contribution < 1.29 is 4.74 Å². The average molecular weight is 289 g/mol. The first-order valence-electron chi connectivity index (χ1n) is 8.68. The van der Waals surface area contributed by atoms with Gasteiger partial charge in [-0.05, 0) is 37.7 Å². The summed E-state index contributed by atoms with van der Waals surface area (Å²) < 4.78 is 6.10. The van der Waals surface area contributed by atoms with Gasteiger partial charge >= 0.3 is 0 Å². The standard InChI is InChI=1S/C19H31NO/c1-4-10-18(16-11-8-7-9-12-16)20-17-13-14-21-19(5-2,6-3)15-17/h7-9,11-12,17-18,20H,4-6,10,13-15H2,1-3H3. The molecule has 0 amide bonds. The van der Waals surface area contributed by atoms with Crippen LogP contribution < -0.4 is 5.32 Å². The first kappa shape index (κ1) is 16.5. The number of ether oxygens (including phenoxy) is 1. The number of hydrogen-bond donors (Lipinski definition) is 1. The van der Waals surface area contributed by atoms with Gasteiger partial charge in [0.2, 0.25) is 0 Å². The second-order valence-electron chi connectivity index (χ2n) is 6.35. The van der Waals surface area contributed by atoms with Crippen molar-refractivity contribution in [1.82, 2.24) is 5.32 Å². The molecule has 1 heterocycles. The van der Waals surface area contributed by atoms with E-state index < -0.39 is 0 Å². The minimum Gasteiger partial charge on any atom is -0.375 e. The molecule has 0 saturated carbocycles. The molecule has 2 heteroatoms. The summed E-state index contributed by atoms with van der Waals surface area (Å²) in [7, 11) is 0. The van der Waals surface area contributed by atoms with E-state index in [9.17, 15) is 0 Å². The lowest BCUT2D eigenvalue weighted by Gasteiger charge is -2.41. The molecule has 2 atom stereocenters. The Morgan fingerprint density at radius 2 is 1.90 bits per heavy atom. The molecule has 1 aliphatic rings. The molecule has 1 aliphatic heterocycles. The van der Waals surface area contributed by atoms with E-state index in [1.165, 1.54) is 18.4 Å². The van der Waals surface area contributed by atoms with E-state index in [2.05, 4.69) is 56.4 Å². The molecule has 0 aromatic heterocycles. The molecule has 21 heavy (non-hydrogen) atoms. The van der Waals surface area contributed by atoms with Crippen LogP contribution in [0.3, 0.4) is 0 Å². The van der Waals surface area contributed by atoms with Crippen LogP contribution in [0.5, 0.6) is 0 Å². The van der Waals surface area contributed by atoms with Crippen molar-refractivity contribution in [3.8, 4) is 0 Å². The molecule has 2 unspecified atom stereocenters. The monoisotopic (exact) mass is 289 g/mol. The Labute approximate surface area is 130 Å². The highest BCUT2D eigenvalue weighted by molar-refractivity contribution is 5.19. The molecule has 2 rings (SSSR count). The minimum atomic E-state index is 0.101. The Hall–Kier alpha value is -0.860. The maximum Gasteiger partial charge on any atom is 0.0692 e. The van der Waals surface area contributed by atoms with E-state index in [0.717, 1.165) is 32.3 Å². The van der Waals surface area contributed by atoms with Crippen LogP contribution in [0.15, 0.2) is 30.3 Å². The Kier molecular flexibility index (Phi) is 6.25. The van der Waals surface area contributed by atoms with Gasteiger partial charge in [-0.25, -0.2) is 0 Å². The molecule has 2 nitrogen and oxygen atoms in total. The van der Waals surface area contributed by atoms with Gasteiger partial charge in [-0.3, -0.25) is 0 Å². The lowest BCUT2D eigenvalue weighted by molar-refractivity contribution is -0.0942. The highest BCUT2D eigenvalue weighted by Crippen LogP contribution is 2.33. The Morgan fingerprint density at radius 1 is 1.19 bits per heavy atom. The molecular formula is C19H31NO. The van der Waals surface area contributed by atoms with Crippen LogP contribution in [-0.4, -0.2) is 18.2 Å². The summed E-state index contributed by atoms with van der Waals surface area (Å²) in [5.74, 6) is 0.